The zero-order valence-electron chi connectivity index (χ0n) is 9.60. The molecule has 0 aliphatic carbocycles. The fourth-order valence-corrected chi connectivity index (χ4v) is 1.37. The molecule has 0 aliphatic heterocycles. The maximum Gasteiger partial charge on any atom is 0.522 e. The van der Waals surface area contributed by atoms with Crippen LogP contribution in [0.3, 0.4) is 0 Å². The quantitative estimate of drug-likeness (QED) is 0.659. The lowest BCUT2D eigenvalue weighted by atomic mass is 10.1. The molecular weight excluding hydrogens is 235 g/mol. The third-order valence-corrected chi connectivity index (χ3v) is 2.24. The number of ether oxygens (including phenoxy) is 2. The molecule has 1 rings (SSSR count). The SMILES string of the molecule is Cc1ccc(N)c(C)c1OCCOC(F)(F)F. The van der Waals surface area contributed by atoms with Gasteiger partial charge >= 0.3 is 6.36 Å². The van der Waals surface area contributed by atoms with E-state index >= 15 is 0 Å². The number of aryl methyl sites for hydroxylation is 1. The molecule has 2 N–H and O–H groups in total. The first kappa shape index (κ1) is 13.6. The van der Waals surface area contributed by atoms with Gasteiger partial charge in [-0.15, -0.1) is 13.2 Å². The average Bonchev–Trinajstić information content (AvgIpc) is 2.21. The van der Waals surface area contributed by atoms with Crippen LogP contribution >= 0.6 is 0 Å². The second-order valence-corrected chi connectivity index (χ2v) is 3.57. The Bertz CT molecular complexity index is 391. The molecule has 0 saturated carbocycles. The monoisotopic (exact) mass is 249 g/mol. The third kappa shape index (κ3) is 4.14. The molecule has 6 heteroatoms. The van der Waals surface area contributed by atoms with Gasteiger partial charge in [-0.25, -0.2) is 0 Å². The maximum atomic E-state index is 11.7. The lowest BCUT2D eigenvalue weighted by molar-refractivity contribution is -0.325. The largest absolute Gasteiger partial charge is 0.522 e. The summed E-state index contributed by atoms with van der Waals surface area (Å²) in [6.45, 7) is 2.83. The second-order valence-electron chi connectivity index (χ2n) is 3.57. The van der Waals surface area contributed by atoms with Crippen LogP contribution in [0, 0.1) is 13.8 Å². The van der Waals surface area contributed by atoms with E-state index in [0.29, 0.717) is 11.4 Å². The Balaban J connectivity index is 2.55. The number of halogens is 3. The third-order valence-electron chi connectivity index (χ3n) is 2.24. The van der Waals surface area contributed by atoms with E-state index in [2.05, 4.69) is 4.74 Å². The Morgan fingerprint density at radius 1 is 1.18 bits per heavy atom. The van der Waals surface area contributed by atoms with E-state index in [4.69, 9.17) is 10.5 Å². The van der Waals surface area contributed by atoms with Gasteiger partial charge in [0.25, 0.3) is 0 Å². The molecule has 0 aliphatic rings. The Labute approximate surface area is 97.3 Å². The number of hydrogen-bond donors (Lipinski definition) is 1. The molecule has 1 aromatic rings. The van der Waals surface area contributed by atoms with Crippen molar-refractivity contribution >= 4 is 5.69 Å². The van der Waals surface area contributed by atoms with Crippen molar-refractivity contribution in [2.24, 2.45) is 0 Å². The molecule has 0 bridgehead atoms. The minimum atomic E-state index is -4.62. The van der Waals surface area contributed by atoms with Crippen LogP contribution in [-0.4, -0.2) is 19.6 Å². The van der Waals surface area contributed by atoms with Gasteiger partial charge in [-0.05, 0) is 25.5 Å². The van der Waals surface area contributed by atoms with E-state index in [1.807, 2.05) is 0 Å². The van der Waals surface area contributed by atoms with Gasteiger partial charge in [0.05, 0.1) is 6.61 Å². The topological polar surface area (TPSA) is 44.5 Å². The first-order valence-corrected chi connectivity index (χ1v) is 5.00. The fraction of sp³-hybridized carbons (Fsp3) is 0.455. The molecule has 0 atom stereocenters. The van der Waals surface area contributed by atoms with Crippen molar-refractivity contribution in [3.63, 3.8) is 0 Å². The first-order chi connectivity index (χ1) is 7.81. The highest BCUT2D eigenvalue weighted by atomic mass is 19.4. The summed E-state index contributed by atoms with van der Waals surface area (Å²) in [6, 6.07) is 3.48. The van der Waals surface area contributed by atoms with Gasteiger partial charge < -0.3 is 10.5 Å². The predicted octanol–water partition coefficient (Wildman–Crippen LogP) is 2.80. The van der Waals surface area contributed by atoms with Crippen LogP contribution in [0.4, 0.5) is 18.9 Å². The molecule has 0 spiro atoms. The average molecular weight is 249 g/mol. The van der Waals surface area contributed by atoms with Crippen molar-refractivity contribution in [2.75, 3.05) is 18.9 Å². The lowest BCUT2D eigenvalue weighted by Crippen LogP contribution is -2.18. The molecule has 0 aromatic heterocycles. The summed E-state index contributed by atoms with van der Waals surface area (Å²) in [7, 11) is 0. The van der Waals surface area contributed by atoms with E-state index in [-0.39, 0.29) is 6.61 Å². The van der Waals surface area contributed by atoms with Gasteiger partial charge in [0.1, 0.15) is 12.4 Å². The number of anilines is 1. The maximum absolute atomic E-state index is 11.7. The van der Waals surface area contributed by atoms with E-state index < -0.39 is 13.0 Å². The molecule has 0 amide bonds. The number of nitrogen functional groups attached to an aromatic ring is 1. The number of rotatable bonds is 4. The van der Waals surface area contributed by atoms with Crippen molar-refractivity contribution in [3.05, 3.63) is 23.3 Å². The Hall–Kier alpha value is -1.43. The van der Waals surface area contributed by atoms with Crippen LogP contribution in [0.2, 0.25) is 0 Å². The normalized spacial score (nSPS) is 11.6. The van der Waals surface area contributed by atoms with Crippen molar-refractivity contribution in [2.45, 2.75) is 20.2 Å². The summed E-state index contributed by atoms with van der Waals surface area (Å²) in [5, 5.41) is 0. The molecule has 0 radical (unpaired) electrons. The van der Waals surface area contributed by atoms with Crippen molar-refractivity contribution in [1.29, 1.82) is 0 Å². The van der Waals surface area contributed by atoms with Crippen LogP contribution in [-0.2, 0) is 4.74 Å². The molecular formula is C11H14F3NO2. The van der Waals surface area contributed by atoms with Crippen LogP contribution in [0.1, 0.15) is 11.1 Å². The molecule has 1 aromatic carbocycles. The molecule has 0 fully saturated rings. The molecule has 96 valence electrons. The summed E-state index contributed by atoms with van der Waals surface area (Å²) in [5.74, 6) is 0.510. The molecule has 0 heterocycles. The van der Waals surface area contributed by atoms with Gasteiger partial charge in [0.15, 0.2) is 0 Å². The lowest BCUT2D eigenvalue weighted by Gasteiger charge is -2.14. The number of benzene rings is 1. The van der Waals surface area contributed by atoms with Gasteiger partial charge in [-0.2, -0.15) is 0 Å². The zero-order chi connectivity index (χ0) is 13.1. The van der Waals surface area contributed by atoms with Crippen molar-refractivity contribution in [3.8, 4) is 5.75 Å². The van der Waals surface area contributed by atoms with E-state index in [0.717, 1.165) is 11.1 Å². The summed E-state index contributed by atoms with van der Waals surface area (Å²) in [4.78, 5) is 0. The number of nitrogens with two attached hydrogens (primary N) is 1. The predicted molar refractivity (Wildman–Crippen MR) is 57.8 cm³/mol. The summed E-state index contributed by atoms with van der Waals surface area (Å²) < 4.78 is 44.0. The van der Waals surface area contributed by atoms with Crippen molar-refractivity contribution in [1.82, 2.24) is 0 Å². The minimum absolute atomic E-state index is 0.176. The van der Waals surface area contributed by atoms with Crippen LogP contribution in [0.5, 0.6) is 5.75 Å². The zero-order valence-corrected chi connectivity index (χ0v) is 9.60. The van der Waals surface area contributed by atoms with Gasteiger partial charge in [0.2, 0.25) is 0 Å². The van der Waals surface area contributed by atoms with E-state index in [1.165, 1.54) is 0 Å². The van der Waals surface area contributed by atoms with Gasteiger partial charge in [0, 0.05) is 11.3 Å². The van der Waals surface area contributed by atoms with Crippen LogP contribution in [0.15, 0.2) is 12.1 Å². The Morgan fingerprint density at radius 2 is 1.82 bits per heavy atom. The highest BCUT2D eigenvalue weighted by Crippen LogP contribution is 2.27. The molecule has 3 nitrogen and oxygen atoms in total. The standard InChI is InChI=1S/C11H14F3NO2/c1-7-3-4-9(15)8(2)10(7)16-5-6-17-11(12,13)14/h3-4H,5-6,15H2,1-2H3. The van der Waals surface area contributed by atoms with Crippen LogP contribution in [0.25, 0.3) is 0 Å². The highest BCUT2D eigenvalue weighted by Gasteiger charge is 2.28. The minimum Gasteiger partial charge on any atom is -0.491 e. The smallest absolute Gasteiger partial charge is 0.491 e. The molecule has 17 heavy (non-hydrogen) atoms. The van der Waals surface area contributed by atoms with Gasteiger partial charge in [-0.1, -0.05) is 6.07 Å². The molecule has 0 saturated heterocycles. The highest BCUT2D eigenvalue weighted by molar-refractivity contribution is 5.56. The second kappa shape index (κ2) is 5.27. The fourth-order valence-electron chi connectivity index (χ4n) is 1.37. The molecule has 0 unspecified atom stereocenters. The number of hydrogen-bond acceptors (Lipinski definition) is 3. The summed E-state index contributed by atoms with van der Waals surface area (Å²) >= 11 is 0. The van der Waals surface area contributed by atoms with Gasteiger partial charge in [-0.3, -0.25) is 4.74 Å². The van der Waals surface area contributed by atoms with E-state index in [9.17, 15) is 13.2 Å². The number of alkyl halides is 3. The van der Waals surface area contributed by atoms with Crippen LogP contribution < -0.4 is 10.5 Å². The summed E-state index contributed by atoms with van der Waals surface area (Å²) in [6.07, 6.45) is -4.62. The Kier molecular flexibility index (Phi) is 4.22. The Morgan fingerprint density at radius 3 is 2.41 bits per heavy atom. The first-order valence-electron chi connectivity index (χ1n) is 5.00. The van der Waals surface area contributed by atoms with Crippen molar-refractivity contribution < 1.29 is 22.6 Å². The summed E-state index contributed by atoms with van der Waals surface area (Å²) in [5.41, 5.74) is 7.76. The van der Waals surface area contributed by atoms with E-state index in [1.54, 1.807) is 26.0 Å².